The van der Waals surface area contributed by atoms with Gasteiger partial charge in [0.05, 0.1) is 0 Å². The lowest BCUT2D eigenvalue weighted by Gasteiger charge is -2.33. The number of aliphatic carboxylic acids is 1. The van der Waals surface area contributed by atoms with Gasteiger partial charge in [-0.1, -0.05) is 0 Å². The van der Waals surface area contributed by atoms with E-state index in [0.717, 1.165) is 5.38 Å². The Morgan fingerprint density at radius 1 is 1.33 bits per heavy atom. The zero-order valence-corrected chi connectivity index (χ0v) is 12.2. The van der Waals surface area contributed by atoms with E-state index in [9.17, 15) is 27.9 Å². The average molecular weight is 340 g/mol. The predicted octanol–water partition coefficient (Wildman–Crippen LogP) is 2.24. The molecule has 0 spiro atoms. The molecule has 0 aliphatic carbocycles. The van der Waals surface area contributed by atoms with Crippen LogP contribution in [0.1, 0.15) is 28.3 Å². The van der Waals surface area contributed by atoms with Gasteiger partial charge in [0.15, 0.2) is 5.01 Å². The molecule has 1 amide bonds. The summed E-state index contributed by atoms with van der Waals surface area (Å²) in [5.41, 5.74) is -1.84. The van der Waals surface area contributed by atoms with Crippen molar-refractivity contribution in [1.29, 1.82) is 0 Å². The first-order valence-electron chi connectivity index (χ1n) is 5.91. The Hall–Kier alpha value is -1.29. The molecule has 0 unspecified atom stereocenters. The number of carbonyl (C=O) groups is 2. The van der Waals surface area contributed by atoms with Crippen molar-refractivity contribution in [2.75, 3.05) is 11.5 Å². The van der Waals surface area contributed by atoms with Crippen LogP contribution >= 0.6 is 23.1 Å². The lowest BCUT2D eigenvalue weighted by Crippen LogP contribution is -2.56. The molecule has 116 valence electrons. The highest BCUT2D eigenvalue weighted by Crippen LogP contribution is 2.32. The minimum Gasteiger partial charge on any atom is -0.480 e. The summed E-state index contributed by atoms with van der Waals surface area (Å²) < 4.78 is 37.3. The highest BCUT2D eigenvalue weighted by molar-refractivity contribution is 7.99. The van der Waals surface area contributed by atoms with Gasteiger partial charge in [-0.3, -0.25) is 4.79 Å². The molecule has 1 aliphatic rings. The van der Waals surface area contributed by atoms with Gasteiger partial charge in [0.1, 0.15) is 11.2 Å². The van der Waals surface area contributed by atoms with Crippen molar-refractivity contribution in [3.05, 3.63) is 16.1 Å². The van der Waals surface area contributed by atoms with Crippen LogP contribution in [-0.2, 0) is 11.0 Å². The van der Waals surface area contributed by atoms with Crippen LogP contribution < -0.4 is 5.32 Å². The molecular formula is C11H11F3N2O3S2. The Balaban J connectivity index is 2.16. The van der Waals surface area contributed by atoms with Gasteiger partial charge in [-0.05, 0) is 24.3 Å². The summed E-state index contributed by atoms with van der Waals surface area (Å²) in [6.07, 6.45) is -4.15. The predicted molar refractivity (Wildman–Crippen MR) is 71.5 cm³/mol. The molecule has 0 bridgehead atoms. The van der Waals surface area contributed by atoms with E-state index < -0.39 is 34.3 Å². The SMILES string of the molecule is O=C(NC1(C(=O)O)CCSCC1)c1csc(C(F)(F)F)n1. The summed E-state index contributed by atoms with van der Waals surface area (Å²) in [4.78, 5) is 26.6. The van der Waals surface area contributed by atoms with Gasteiger partial charge in [0.25, 0.3) is 5.91 Å². The lowest BCUT2D eigenvalue weighted by atomic mass is 9.92. The summed E-state index contributed by atoms with van der Waals surface area (Å²) in [5, 5.41) is 11.5. The quantitative estimate of drug-likeness (QED) is 0.882. The van der Waals surface area contributed by atoms with Crippen molar-refractivity contribution in [2.24, 2.45) is 0 Å². The van der Waals surface area contributed by atoms with Crippen LogP contribution in [0.5, 0.6) is 0 Å². The van der Waals surface area contributed by atoms with Gasteiger partial charge in [-0.25, -0.2) is 9.78 Å². The van der Waals surface area contributed by atoms with E-state index in [-0.39, 0.29) is 12.8 Å². The number of hydrogen-bond donors (Lipinski definition) is 2. The van der Waals surface area contributed by atoms with E-state index in [4.69, 9.17) is 0 Å². The van der Waals surface area contributed by atoms with Crippen LogP contribution in [0.4, 0.5) is 13.2 Å². The Labute approximate surface area is 125 Å². The van der Waals surface area contributed by atoms with Crippen molar-refractivity contribution < 1.29 is 27.9 Å². The summed E-state index contributed by atoms with van der Waals surface area (Å²) in [5.74, 6) is -0.937. The molecule has 21 heavy (non-hydrogen) atoms. The second-order valence-corrected chi connectivity index (χ2v) is 6.57. The van der Waals surface area contributed by atoms with E-state index in [2.05, 4.69) is 10.3 Å². The highest BCUT2D eigenvalue weighted by atomic mass is 32.2. The fraction of sp³-hybridized carbons (Fsp3) is 0.545. The molecule has 1 aromatic rings. The number of thioether (sulfide) groups is 1. The minimum absolute atomic E-state index is 0.231. The van der Waals surface area contributed by atoms with Gasteiger partial charge in [0.2, 0.25) is 0 Å². The average Bonchev–Trinajstić information content (AvgIpc) is 2.89. The first-order chi connectivity index (χ1) is 9.74. The van der Waals surface area contributed by atoms with E-state index in [1.165, 1.54) is 0 Å². The summed E-state index contributed by atoms with van der Waals surface area (Å²) in [6, 6.07) is 0. The van der Waals surface area contributed by atoms with E-state index in [0.29, 0.717) is 22.8 Å². The van der Waals surface area contributed by atoms with Crippen molar-refractivity contribution in [2.45, 2.75) is 24.6 Å². The third-order valence-electron chi connectivity index (χ3n) is 3.09. The molecule has 0 atom stereocenters. The summed E-state index contributed by atoms with van der Waals surface area (Å²) in [7, 11) is 0. The molecule has 10 heteroatoms. The van der Waals surface area contributed by atoms with Gasteiger partial charge in [-0.15, -0.1) is 11.3 Å². The minimum atomic E-state index is -4.62. The van der Waals surface area contributed by atoms with E-state index in [1.807, 2.05) is 0 Å². The number of nitrogens with zero attached hydrogens (tertiary/aromatic N) is 1. The zero-order chi connectivity index (χ0) is 15.7. The van der Waals surface area contributed by atoms with Crippen molar-refractivity contribution >= 4 is 35.0 Å². The Morgan fingerprint density at radius 3 is 2.43 bits per heavy atom. The Kier molecular flexibility index (Phi) is 4.47. The van der Waals surface area contributed by atoms with Crippen molar-refractivity contribution in [3.63, 3.8) is 0 Å². The maximum absolute atomic E-state index is 12.4. The summed E-state index contributed by atoms with van der Waals surface area (Å²) in [6.45, 7) is 0. The number of carboxylic acid groups (broad SMARTS) is 1. The number of aromatic nitrogens is 1. The standard InChI is InChI=1S/C11H11F3N2O3S2/c12-11(13,14)8-15-6(5-21-8)7(17)16-10(9(18)19)1-3-20-4-2-10/h5H,1-4H2,(H,16,17)(H,18,19). The van der Waals surface area contributed by atoms with E-state index in [1.54, 1.807) is 11.8 Å². The number of rotatable bonds is 3. The van der Waals surface area contributed by atoms with Crippen LogP contribution in [-0.4, -0.2) is 39.0 Å². The maximum atomic E-state index is 12.4. The van der Waals surface area contributed by atoms with Crippen molar-refractivity contribution in [1.82, 2.24) is 10.3 Å². The molecule has 5 nitrogen and oxygen atoms in total. The first-order valence-corrected chi connectivity index (χ1v) is 7.94. The van der Waals surface area contributed by atoms with Crippen LogP contribution in [0.25, 0.3) is 0 Å². The molecule has 0 saturated carbocycles. The number of nitrogens with one attached hydrogen (secondary N) is 1. The lowest BCUT2D eigenvalue weighted by molar-refractivity contribution is -0.145. The third kappa shape index (κ3) is 3.49. The molecule has 2 heterocycles. The van der Waals surface area contributed by atoms with E-state index >= 15 is 0 Å². The second-order valence-electron chi connectivity index (χ2n) is 4.49. The van der Waals surface area contributed by atoms with Crippen molar-refractivity contribution in [3.8, 4) is 0 Å². The smallest absolute Gasteiger partial charge is 0.443 e. The topological polar surface area (TPSA) is 79.3 Å². The number of alkyl halides is 3. The fourth-order valence-corrected chi connectivity index (χ4v) is 3.76. The van der Waals surface area contributed by atoms with Gasteiger partial charge in [-0.2, -0.15) is 24.9 Å². The second kappa shape index (κ2) is 5.84. The van der Waals surface area contributed by atoms with Crippen LogP contribution in [0.15, 0.2) is 5.38 Å². The monoisotopic (exact) mass is 340 g/mol. The molecule has 1 saturated heterocycles. The summed E-state index contributed by atoms with van der Waals surface area (Å²) >= 11 is 1.87. The molecule has 2 rings (SSSR count). The molecule has 0 aromatic carbocycles. The number of amides is 1. The molecule has 1 fully saturated rings. The Bertz CT molecular complexity index is 553. The largest absolute Gasteiger partial charge is 0.480 e. The van der Waals surface area contributed by atoms with Gasteiger partial charge in [0, 0.05) is 5.38 Å². The molecule has 0 radical (unpaired) electrons. The third-order valence-corrected chi connectivity index (χ3v) is 4.96. The van der Waals surface area contributed by atoms with Crippen LogP contribution in [0, 0.1) is 0 Å². The number of carboxylic acids is 1. The highest BCUT2D eigenvalue weighted by Gasteiger charge is 2.42. The normalized spacial score (nSPS) is 18.2. The number of hydrogen-bond acceptors (Lipinski definition) is 5. The number of carbonyl (C=O) groups excluding carboxylic acids is 1. The fourth-order valence-electron chi connectivity index (χ4n) is 1.90. The molecule has 1 aromatic heterocycles. The maximum Gasteiger partial charge on any atom is 0.443 e. The van der Waals surface area contributed by atoms with Crippen LogP contribution in [0.2, 0.25) is 0 Å². The number of halogens is 3. The molecular weight excluding hydrogens is 329 g/mol. The van der Waals surface area contributed by atoms with Gasteiger partial charge >= 0.3 is 12.1 Å². The van der Waals surface area contributed by atoms with Gasteiger partial charge < -0.3 is 10.4 Å². The Morgan fingerprint density at radius 2 is 1.95 bits per heavy atom. The number of thiazole rings is 1. The zero-order valence-electron chi connectivity index (χ0n) is 10.6. The molecule has 2 N–H and O–H groups in total. The van der Waals surface area contributed by atoms with Crippen LogP contribution in [0.3, 0.4) is 0 Å². The first kappa shape index (κ1) is 16.1. The molecule has 1 aliphatic heterocycles.